The van der Waals surface area contributed by atoms with E-state index in [4.69, 9.17) is 16.3 Å². The van der Waals surface area contributed by atoms with Gasteiger partial charge in [0.25, 0.3) is 0 Å². The molecule has 1 amide bonds. The predicted molar refractivity (Wildman–Crippen MR) is 80.2 cm³/mol. The molecule has 1 aromatic carbocycles. The van der Waals surface area contributed by atoms with Crippen molar-refractivity contribution in [1.29, 1.82) is 0 Å². The molecule has 0 bridgehead atoms. The van der Waals surface area contributed by atoms with Crippen LogP contribution in [0.5, 0.6) is 5.75 Å². The third-order valence-electron chi connectivity index (χ3n) is 3.77. The lowest BCUT2D eigenvalue weighted by Crippen LogP contribution is -2.47. The normalized spacial score (nSPS) is 20.9. The van der Waals surface area contributed by atoms with Crippen LogP contribution in [0.3, 0.4) is 0 Å². The Morgan fingerprint density at radius 1 is 1.50 bits per heavy atom. The van der Waals surface area contributed by atoms with E-state index in [1.54, 1.807) is 12.0 Å². The van der Waals surface area contributed by atoms with Gasteiger partial charge in [0.05, 0.1) is 7.11 Å². The van der Waals surface area contributed by atoms with Gasteiger partial charge in [-0.25, -0.2) is 0 Å². The van der Waals surface area contributed by atoms with Crippen LogP contribution >= 0.6 is 11.6 Å². The van der Waals surface area contributed by atoms with Crippen LogP contribution in [0.2, 0.25) is 5.02 Å². The van der Waals surface area contributed by atoms with E-state index in [9.17, 15) is 4.79 Å². The van der Waals surface area contributed by atoms with Crippen LogP contribution < -0.4 is 10.1 Å². The summed E-state index contributed by atoms with van der Waals surface area (Å²) in [7, 11) is 3.51. The molecule has 1 aliphatic rings. The summed E-state index contributed by atoms with van der Waals surface area (Å²) in [5.74, 6) is 1.05. The fourth-order valence-corrected chi connectivity index (χ4v) is 2.82. The molecule has 1 aromatic rings. The van der Waals surface area contributed by atoms with Crippen LogP contribution in [0.15, 0.2) is 18.2 Å². The van der Waals surface area contributed by atoms with E-state index >= 15 is 0 Å². The van der Waals surface area contributed by atoms with Crippen molar-refractivity contribution in [3.63, 3.8) is 0 Å². The van der Waals surface area contributed by atoms with Gasteiger partial charge in [-0.2, -0.15) is 0 Å². The number of hydrogen-bond donors (Lipinski definition) is 1. The molecule has 0 radical (unpaired) electrons. The van der Waals surface area contributed by atoms with E-state index in [0.29, 0.717) is 17.5 Å². The van der Waals surface area contributed by atoms with Crippen molar-refractivity contribution in [1.82, 2.24) is 10.2 Å². The Balaban J connectivity index is 2.06. The number of hydrogen-bond acceptors (Lipinski definition) is 3. The quantitative estimate of drug-likeness (QED) is 0.929. The molecular formula is C15H21ClN2O2. The molecule has 20 heavy (non-hydrogen) atoms. The first-order chi connectivity index (χ1) is 9.51. The maximum Gasteiger partial charge on any atom is 0.222 e. The van der Waals surface area contributed by atoms with E-state index in [1.165, 1.54) is 0 Å². The third-order valence-corrected chi connectivity index (χ3v) is 4.01. The summed E-state index contributed by atoms with van der Waals surface area (Å²) >= 11 is 6.07. The first-order valence-electron chi connectivity index (χ1n) is 6.84. The molecule has 1 fully saturated rings. The van der Waals surface area contributed by atoms with Gasteiger partial charge in [0.1, 0.15) is 5.75 Å². The molecule has 4 nitrogen and oxygen atoms in total. The molecule has 1 saturated heterocycles. The molecule has 1 N–H and O–H groups in total. The maximum atomic E-state index is 11.5. The number of carbonyl (C=O) groups is 1. The van der Waals surface area contributed by atoms with E-state index in [0.717, 1.165) is 24.3 Å². The van der Waals surface area contributed by atoms with Gasteiger partial charge in [0.15, 0.2) is 0 Å². The number of amides is 1. The van der Waals surface area contributed by atoms with Gasteiger partial charge in [0, 0.05) is 42.7 Å². The Hall–Kier alpha value is -1.26. The highest BCUT2D eigenvalue weighted by Gasteiger charge is 2.24. The van der Waals surface area contributed by atoms with Gasteiger partial charge >= 0.3 is 0 Å². The molecule has 0 unspecified atom stereocenters. The van der Waals surface area contributed by atoms with Crippen molar-refractivity contribution in [3.05, 3.63) is 28.8 Å². The number of methoxy groups -OCH3 is 1. The zero-order valence-electron chi connectivity index (χ0n) is 12.1. The predicted octanol–water partition coefficient (Wildman–Crippen LogP) is 2.62. The monoisotopic (exact) mass is 296 g/mol. The molecule has 1 aliphatic heterocycles. The largest absolute Gasteiger partial charge is 0.496 e. The lowest BCUT2D eigenvalue weighted by Gasteiger charge is -2.32. The highest BCUT2D eigenvalue weighted by molar-refractivity contribution is 6.30. The van der Waals surface area contributed by atoms with E-state index in [1.807, 2.05) is 25.2 Å². The molecule has 1 heterocycles. The Kier molecular flexibility index (Phi) is 4.89. The number of nitrogens with zero attached hydrogens (tertiary/aromatic N) is 1. The Morgan fingerprint density at radius 3 is 2.90 bits per heavy atom. The number of likely N-dealkylation sites (N-methyl/N-ethyl adjacent to an activating group) is 1. The maximum absolute atomic E-state index is 11.5. The highest BCUT2D eigenvalue weighted by atomic mass is 35.5. The SMILES string of the molecule is COc1ccc(Cl)cc1[C@H](C)N[C@H]1CCC(=O)N(C)C1. The molecule has 2 rings (SSSR count). The van der Waals surface area contributed by atoms with Crippen molar-refractivity contribution in [2.75, 3.05) is 20.7 Å². The molecule has 0 aromatic heterocycles. The smallest absolute Gasteiger partial charge is 0.222 e. The molecule has 2 atom stereocenters. The lowest BCUT2D eigenvalue weighted by atomic mass is 10.0. The minimum Gasteiger partial charge on any atom is -0.496 e. The van der Waals surface area contributed by atoms with Crippen LogP contribution in [0.4, 0.5) is 0 Å². The Morgan fingerprint density at radius 2 is 2.25 bits per heavy atom. The summed E-state index contributed by atoms with van der Waals surface area (Å²) in [6, 6.07) is 6.05. The molecule has 0 spiro atoms. The van der Waals surface area contributed by atoms with Crippen LogP contribution in [-0.2, 0) is 4.79 Å². The van der Waals surface area contributed by atoms with Gasteiger partial charge in [-0.15, -0.1) is 0 Å². The number of piperidine rings is 1. The molecule has 0 aliphatic carbocycles. The summed E-state index contributed by atoms with van der Waals surface area (Å²) in [5, 5.41) is 4.25. The molecule has 5 heteroatoms. The zero-order chi connectivity index (χ0) is 14.7. The number of likely N-dealkylation sites (tertiary alicyclic amines) is 1. The second-order valence-corrected chi connectivity index (χ2v) is 5.72. The van der Waals surface area contributed by atoms with Gasteiger partial charge < -0.3 is 15.0 Å². The number of benzene rings is 1. The van der Waals surface area contributed by atoms with Crippen molar-refractivity contribution >= 4 is 17.5 Å². The number of rotatable bonds is 4. The lowest BCUT2D eigenvalue weighted by molar-refractivity contribution is -0.132. The topological polar surface area (TPSA) is 41.6 Å². The minimum atomic E-state index is 0.121. The zero-order valence-corrected chi connectivity index (χ0v) is 12.9. The van der Waals surface area contributed by atoms with E-state index < -0.39 is 0 Å². The van der Waals surface area contributed by atoms with Gasteiger partial charge in [-0.1, -0.05) is 11.6 Å². The number of halogens is 1. The van der Waals surface area contributed by atoms with Gasteiger partial charge in [0.2, 0.25) is 5.91 Å². The Bertz CT molecular complexity index is 493. The molecular weight excluding hydrogens is 276 g/mol. The van der Waals surface area contributed by atoms with Crippen LogP contribution in [0, 0.1) is 0 Å². The minimum absolute atomic E-state index is 0.121. The van der Waals surface area contributed by atoms with E-state index in [2.05, 4.69) is 12.2 Å². The fourth-order valence-electron chi connectivity index (χ4n) is 2.64. The first kappa shape index (κ1) is 15.1. The summed E-state index contributed by atoms with van der Waals surface area (Å²) < 4.78 is 5.39. The second-order valence-electron chi connectivity index (χ2n) is 5.28. The summed E-state index contributed by atoms with van der Waals surface area (Å²) in [5.41, 5.74) is 1.04. The van der Waals surface area contributed by atoms with E-state index in [-0.39, 0.29) is 11.9 Å². The van der Waals surface area contributed by atoms with Crippen molar-refractivity contribution in [2.45, 2.75) is 31.8 Å². The van der Waals surface area contributed by atoms with Crippen molar-refractivity contribution in [2.24, 2.45) is 0 Å². The Labute approximate surface area is 125 Å². The number of carbonyl (C=O) groups excluding carboxylic acids is 1. The van der Waals surface area contributed by atoms with Crippen molar-refractivity contribution < 1.29 is 9.53 Å². The first-order valence-corrected chi connectivity index (χ1v) is 7.22. The van der Waals surface area contributed by atoms with Crippen molar-refractivity contribution in [3.8, 4) is 5.75 Å². The highest BCUT2D eigenvalue weighted by Crippen LogP contribution is 2.29. The summed E-state index contributed by atoms with van der Waals surface area (Å²) in [4.78, 5) is 13.3. The molecule has 110 valence electrons. The van der Waals surface area contributed by atoms with Gasteiger partial charge in [-0.05, 0) is 31.5 Å². The second kappa shape index (κ2) is 6.46. The average Bonchev–Trinajstić information content (AvgIpc) is 2.43. The van der Waals surface area contributed by atoms with Crippen LogP contribution in [0.25, 0.3) is 0 Å². The summed E-state index contributed by atoms with van der Waals surface area (Å²) in [6.07, 6.45) is 1.48. The van der Waals surface area contributed by atoms with Gasteiger partial charge in [-0.3, -0.25) is 4.79 Å². The van der Waals surface area contributed by atoms with Crippen LogP contribution in [-0.4, -0.2) is 37.6 Å². The standard InChI is InChI=1S/C15H21ClN2O2/c1-10(13-8-11(16)4-6-14(13)20-3)17-12-5-7-15(19)18(2)9-12/h4,6,8,10,12,17H,5,7,9H2,1-3H3/t10-,12-/m0/s1. The number of nitrogens with one attached hydrogen (secondary N) is 1. The fraction of sp³-hybridized carbons (Fsp3) is 0.533. The summed E-state index contributed by atoms with van der Waals surface area (Å²) in [6.45, 7) is 2.83. The number of ether oxygens (including phenoxy) is 1. The molecule has 0 saturated carbocycles. The average molecular weight is 297 g/mol. The third kappa shape index (κ3) is 3.44. The van der Waals surface area contributed by atoms with Crippen LogP contribution in [0.1, 0.15) is 31.4 Å².